The lowest BCUT2D eigenvalue weighted by molar-refractivity contribution is 0.424. The molecule has 32 heavy (non-hydrogen) atoms. The van der Waals surface area contributed by atoms with Gasteiger partial charge in [-0.25, -0.2) is 17.5 Å². The maximum atomic E-state index is 13.7. The van der Waals surface area contributed by atoms with Crippen LogP contribution in [0.15, 0.2) is 65.6 Å². The summed E-state index contributed by atoms with van der Waals surface area (Å²) in [4.78, 5) is 13.2. The van der Waals surface area contributed by atoms with Crippen molar-refractivity contribution >= 4 is 10.0 Å². The summed E-state index contributed by atoms with van der Waals surface area (Å²) in [5.41, 5.74) is 4.24. The number of hydrogen-bond donors (Lipinski definition) is 1. The summed E-state index contributed by atoms with van der Waals surface area (Å²) in [5.74, 6) is -0.589. The average Bonchev–Trinajstić information content (AvgIpc) is 2.75. The smallest absolute Gasteiger partial charge is 0.254 e. The molecule has 3 aromatic rings. The second-order valence-electron chi connectivity index (χ2n) is 8.40. The molecule has 1 aromatic heterocycles. The first kappa shape index (κ1) is 22.4. The van der Waals surface area contributed by atoms with Crippen molar-refractivity contribution in [1.82, 2.24) is 9.29 Å². The van der Waals surface area contributed by atoms with Crippen LogP contribution in [0.4, 0.5) is 4.39 Å². The molecule has 0 saturated carbocycles. The number of rotatable bonds is 6. The van der Waals surface area contributed by atoms with Crippen molar-refractivity contribution in [3.63, 3.8) is 0 Å². The van der Waals surface area contributed by atoms with E-state index in [4.69, 9.17) is 0 Å². The van der Waals surface area contributed by atoms with Crippen molar-refractivity contribution in [2.75, 3.05) is 6.26 Å². The molecule has 1 aliphatic carbocycles. The summed E-state index contributed by atoms with van der Waals surface area (Å²) in [6.07, 6.45) is 4.75. The van der Waals surface area contributed by atoms with E-state index in [9.17, 15) is 17.6 Å². The van der Waals surface area contributed by atoms with E-state index in [1.165, 1.54) is 12.1 Å². The molecule has 168 valence electrons. The highest BCUT2D eigenvalue weighted by molar-refractivity contribution is 7.88. The van der Waals surface area contributed by atoms with E-state index in [-0.39, 0.29) is 23.3 Å². The molecular formula is C25H27FN2O3S. The number of halogens is 1. The molecule has 1 N–H and O–H groups in total. The quantitative estimate of drug-likeness (QED) is 0.615. The van der Waals surface area contributed by atoms with Crippen molar-refractivity contribution in [1.29, 1.82) is 0 Å². The van der Waals surface area contributed by atoms with Gasteiger partial charge in [0.25, 0.3) is 5.56 Å². The van der Waals surface area contributed by atoms with Crippen LogP contribution in [0.1, 0.15) is 36.0 Å². The Morgan fingerprint density at radius 3 is 2.50 bits per heavy atom. The molecular weight excluding hydrogens is 427 g/mol. The van der Waals surface area contributed by atoms with Crippen molar-refractivity contribution in [2.24, 2.45) is 0 Å². The molecule has 0 radical (unpaired) electrons. The van der Waals surface area contributed by atoms with Gasteiger partial charge < -0.3 is 4.57 Å². The number of hydrogen-bond acceptors (Lipinski definition) is 3. The van der Waals surface area contributed by atoms with Crippen molar-refractivity contribution in [3.8, 4) is 11.1 Å². The summed E-state index contributed by atoms with van der Waals surface area (Å²) < 4.78 is 42.3. The van der Waals surface area contributed by atoms with Crippen LogP contribution < -0.4 is 10.3 Å². The molecule has 1 heterocycles. The minimum absolute atomic E-state index is 0.0590. The Morgan fingerprint density at radius 1 is 1.09 bits per heavy atom. The van der Waals surface area contributed by atoms with Crippen molar-refractivity contribution in [2.45, 2.75) is 44.7 Å². The first-order valence-corrected chi connectivity index (χ1v) is 12.7. The van der Waals surface area contributed by atoms with Crippen LogP contribution in [0, 0.1) is 5.82 Å². The van der Waals surface area contributed by atoms with Gasteiger partial charge >= 0.3 is 0 Å². The van der Waals surface area contributed by atoms with Crippen LogP contribution in [0.5, 0.6) is 0 Å². The molecule has 0 bridgehead atoms. The summed E-state index contributed by atoms with van der Waals surface area (Å²) in [5, 5.41) is 0. The maximum Gasteiger partial charge on any atom is 0.254 e. The molecule has 2 atom stereocenters. The summed E-state index contributed by atoms with van der Waals surface area (Å²) in [6, 6.07) is 15.8. The topological polar surface area (TPSA) is 68.2 Å². The SMILES string of the molecule is CCn1ccc2c(c1=O)[C@@H](Cc1cccc(-c3cccc(F)c3)c1)[C@@H](NS(C)(=O)=O)CC2. The van der Waals surface area contributed by atoms with E-state index >= 15 is 0 Å². The standard InChI is InChI=1S/C25H27FN2O3S/c1-3-28-13-12-18-10-11-23(27-32(2,30)31)22(24(18)25(28)29)15-17-6-4-7-19(14-17)20-8-5-9-21(26)16-20/h4-9,12-14,16,22-23,27H,3,10-11,15H2,1-2H3/t22-,23-/m0/s1. The fourth-order valence-corrected chi connectivity index (χ4v) is 5.50. The molecule has 2 aromatic carbocycles. The Labute approximate surface area is 188 Å². The van der Waals surface area contributed by atoms with E-state index in [2.05, 4.69) is 4.72 Å². The van der Waals surface area contributed by atoms with E-state index < -0.39 is 10.0 Å². The number of sulfonamides is 1. The van der Waals surface area contributed by atoms with Gasteiger partial charge in [-0.15, -0.1) is 0 Å². The average molecular weight is 455 g/mol. The molecule has 7 heteroatoms. The zero-order chi connectivity index (χ0) is 22.9. The van der Waals surface area contributed by atoms with Gasteiger partial charge in [0.1, 0.15) is 5.82 Å². The molecule has 0 spiro atoms. The van der Waals surface area contributed by atoms with Crippen molar-refractivity contribution < 1.29 is 12.8 Å². The van der Waals surface area contributed by atoms with Crippen molar-refractivity contribution in [3.05, 3.63) is 93.7 Å². The molecule has 0 amide bonds. The Kier molecular flexibility index (Phi) is 6.31. The summed E-state index contributed by atoms with van der Waals surface area (Å²) in [7, 11) is -3.44. The molecule has 0 unspecified atom stereocenters. The fourth-order valence-electron chi connectivity index (χ4n) is 4.67. The van der Waals surface area contributed by atoms with Crippen LogP contribution in [-0.2, 0) is 29.4 Å². The number of nitrogens with one attached hydrogen (secondary N) is 1. The molecule has 5 nitrogen and oxygen atoms in total. The number of benzene rings is 2. The summed E-state index contributed by atoms with van der Waals surface area (Å²) >= 11 is 0. The number of aryl methyl sites for hydroxylation is 2. The number of fused-ring (bicyclic) bond motifs is 1. The Morgan fingerprint density at radius 2 is 1.81 bits per heavy atom. The van der Waals surface area contributed by atoms with Crippen LogP contribution in [-0.4, -0.2) is 25.3 Å². The monoisotopic (exact) mass is 454 g/mol. The second-order valence-corrected chi connectivity index (χ2v) is 10.2. The minimum Gasteiger partial charge on any atom is -0.316 e. The van der Waals surface area contributed by atoms with Gasteiger partial charge in [-0.05, 0) is 66.6 Å². The van der Waals surface area contributed by atoms with Gasteiger partial charge in [0.2, 0.25) is 10.0 Å². The van der Waals surface area contributed by atoms with E-state index in [1.807, 2.05) is 49.5 Å². The Bertz CT molecular complexity index is 1300. The highest BCUT2D eigenvalue weighted by Crippen LogP contribution is 2.34. The highest BCUT2D eigenvalue weighted by Gasteiger charge is 2.34. The zero-order valence-electron chi connectivity index (χ0n) is 18.2. The van der Waals surface area contributed by atoms with Gasteiger partial charge in [0, 0.05) is 30.3 Å². The van der Waals surface area contributed by atoms with Crippen LogP contribution in [0.2, 0.25) is 0 Å². The van der Waals surface area contributed by atoms with E-state index in [0.29, 0.717) is 31.4 Å². The number of nitrogens with zero attached hydrogens (tertiary/aromatic N) is 1. The van der Waals surface area contributed by atoms with Gasteiger partial charge in [0.05, 0.1) is 6.26 Å². The molecule has 0 aliphatic heterocycles. The third kappa shape index (κ3) is 4.84. The summed E-state index contributed by atoms with van der Waals surface area (Å²) in [6.45, 7) is 2.47. The predicted octanol–water partition coefficient (Wildman–Crippen LogP) is 3.86. The Balaban J connectivity index is 1.76. The first-order valence-electron chi connectivity index (χ1n) is 10.8. The maximum absolute atomic E-state index is 13.7. The second kappa shape index (κ2) is 9.00. The van der Waals surface area contributed by atoms with Gasteiger partial charge in [0.15, 0.2) is 0 Å². The minimum atomic E-state index is -3.44. The normalized spacial score (nSPS) is 18.3. The van der Waals surface area contributed by atoms with Crippen LogP contribution in [0.3, 0.4) is 0 Å². The van der Waals surface area contributed by atoms with Gasteiger partial charge in [-0.3, -0.25) is 4.79 Å². The Hall–Kier alpha value is -2.77. The third-order valence-electron chi connectivity index (χ3n) is 6.12. The van der Waals surface area contributed by atoms with Crippen LogP contribution >= 0.6 is 0 Å². The van der Waals surface area contributed by atoms with E-state index in [1.54, 1.807) is 10.6 Å². The van der Waals surface area contributed by atoms with E-state index in [0.717, 1.165) is 28.5 Å². The lowest BCUT2D eigenvalue weighted by atomic mass is 9.77. The van der Waals surface area contributed by atoms with Gasteiger partial charge in [-0.1, -0.05) is 36.4 Å². The highest BCUT2D eigenvalue weighted by atomic mass is 32.2. The van der Waals surface area contributed by atoms with Gasteiger partial charge in [-0.2, -0.15) is 0 Å². The lowest BCUT2D eigenvalue weighted by Gasteiger charge is -2.33. The largest absolute Gasteiger partial charge is 0.316 e. The third-order valence-corrected chi connectivity index (χ3v) is 6.85. The number of aromatic nitrogens is 1. The fraction of sp³-hybridized carbons (Fsp3) is 0.320. The first-order chi connectivity index (χ1) is 15.2. The lowest BCUT2D eigenvalue weighted by Crippen LogP contribution is -2.45. The molecule has 1 aliphatic rings. The zero-order valence-corrected chi connectivity index (χ0v) is 19.0. The van der Waals surface area contributed by atoms with Crippen LogP contribution in [0.25, 0.3) is 11.1 Å². The molecule has 0 saturated heterocycles. The predicted molar refractivity (Wildman–Crippen MR) is 125 cm³/mol. The molecule has 4 rings (SSSR count). The molecule has 0 fully saturated rings. The number of pyridine rings is 1.